The van der Waals surface area contributed by atoms with Crippen LogP contribution in [-0.4, -0.2) is 35.1 Å². The van der Waals surface area contributed by atoms with Gasteiger partial charge in [0.15, 0.2) is 5.82 Å². The Hall–Kier alpha value is -3.86. The van der Waals surface area contributed by atoms with E-state index in [1.165, 1.54) is 0 Å². The Morgan fingerprint density at radius 2 is 1.91 bits per heavy atom. The molecule has 180 valence electrons. The minimum absolute atomic E-state index is 0.0862. The normalized spacial score (nSPS) is 15.2. The summed E-state index contributed by atoms with van der Waals surface area (Å²) in [6.07, 6.45) is 0.635. The van der Waals surface area contributed by atoms with E-state index in [0.717, 1.165) is 12.0 Å². The molecule has 0 unspecified atom stereocenters. The zero-order valence-corrected chi connectivity index (χ0v) is 19.8. The number of carbonyl (C=O) groups excluding carboxylic acids is 1. The molecule has 2 aromatic carbocycles. The number of anilines is 2. The highest BCUT2D eigenvalue weighted by Crippen LogP contribution is 2.33. The van der Waals surface area contributed by atoms with Crippen molar-refractivity contribution in [2.24, 2.45) is 0 Å². The summed E-state index contributed by atoms with van der Waals surface area (Å²) in [7, 11) is 0. The first-order chi connectivity index (χ1) is 16.8. The molecular weight excluding hydrogens is 448 g/mol. The fourth-order valence-electron chi connectivity index (χ4n) is 4.32. The van der Waals surface area contributed by atoms with Gasteiger partial charge in [0.05, 0.1) is 22.9 Å². The van der Waals surface area contributed by atoms with Crippen molar-refractivity contribution in [1.29, 1.82) is 5.26 Å². The molecule has 1 aromatic heterocycles. The van der Waals surface area contributed by atoms with E-state index in [1.807, 2.05) is 31.2 Å². The Balaban J connectivity index is 1.77. The van der Waals surface area contributed by atoms with Crippen LogP contribution < -0.4 is 10.2 Å². The van der Waals surface area contributed by atoms with Crippen LogP contribution in [0.2, 0.25) is 0 Å². The van der Waals surface area contributed by atoms with Crippen molar-refractivity contribution >= 4 is 17.4 Å². The Bertz CT molecular complexity index is 1270. The highest BCUT2D eigenvalue weighted by Gasteiger charge is 2.34. The topological polar surface area (TPSA) is 81.9 Å². The number of aryl methyl sites for hydroxylation is 1. The van der Waals surface area contributed by atoms with Gasteiger partial charge < -0.3 is 10.2 Å². The summed E-state index contributed by atoms with van der Waals surface area (Å²) in [6.45, 7) is 4.28. The molecule has 0 saturated carbocycles. The van der Waals surface area contributed by atoms with Crippen LogP contribution in [-0.2, 0) is 6.42 Å². The first-order valence-corrected chi connectivity index (χ1v) is 11.7. The Labute approximate surface area is 203 Å². The number of hydrogen-bond donors (Lipinski definition) is 1. The largest absolute Gasteiger partial charge is 0.354 e. The van der Waals surface area contributed by atoms with Crippen LogP contribution >= 0.6 is 0 Å². The van der Waals surface area contributed by atoms with Crippen molar-refractivity contribution in [2.75, 3.05) is 23.3 Å². The standard InChI is InChI=1S/C27H27F2N5O/c1-3-19-6-4-7-22(16-19)31-26(35)23-18(2)24(21-10-8-20(17-30)9-11-21)32-33-25(23)34-14-5-12-27(28,29)13-15-34/h4,6-11,16H,3,5,12-15H2,1-2H3,(H,31,35). The molecule has 35 heavy (non-hydrogen) atoms. The predicted octanol–water partition coefficient (Wildman–Crippen LogP) is 5.76. The smallest absolute Gasteiger partial charge is 0.259 e. The third-order valence-electron chi connectivity index (χ3n) is 6.32. The van der Waals surface area contributed by atoms with Gasteiger partial charge in [0.2, 0.25) is 5.92 Å². The number of aromatic nitrogens is 2. The lowest BCUT2D eigenvalue weighted by Crippen LogP contribution is -2.30. The Morgan fingerprint density at radius 3 is 2.63 bits per heavy atom. The van der Waals surface area contributed by atoms with Crippen LogP contribution in [0, 0.1) is 18.3 Å². The summed E-state index contributed by atoms with van der Waals surface area (Å²) in [6, 6.07) is 16.5. The number of carbonyl (C=O) groups is 1. The molecule has 0 bridgehead atoms. The van der Waals surface area contributed by atoms with Crippen molar-refractivity contribution < 1.29 is 13.6 Å². The van der Waals surface area contributed by atoms with E-state index in [-0.39, 0.29) is 25.3 Å². The molecule has 4 rings (SSSR count). The van der Waals surface area contributed by atoms with Crippen LogP contribution in [0.4, 0.5) is 20.3 Å². The maximum Gasteiger partial charge on any atom is 0.259 e. The van der Waals surface area contributed by atoms with Gasteiger partial charge in [-0.2, -0.15) is 5.26 Å². The molecule has 6 nitrogen and oxygen atoms in total. The molecule has 2 heterocycles. The number of halogens is 2. The second-order valence-electron chi connectivity index (χ2n) is 8.77. The number of nitrogens with zero attached hydrogens (tertiary/aromatic N) is 4. The lowest BCUT2D eigenvalue weighted by molar-refractivity contribution is -0.0102. The van der Waals surface area contributed by atoms with Gasteiger partial charge in [0, 0.05) is 37.2 Å². The SMILES string of the molecule is CCc1cccc(NC(=O)c2c(N3CCCC(F)(F)CC3)nnc(-c3ccc(C#N)cc3)c2C)c1. The predicted molar refractivity (Wildman–Crippen MR) is 132 cm³/mol. The summed E-state index contributed by atoms with van der Waals surface area (Å²) >= 11 is 0. The second-order valence-corrected chi connectivity index (χ2v) is 8.77. The molecule has 1 saturated heterocycles. The minimum atomic E-state index is -2.73. The first kappa shape index (κ1) is 24.3. The quantitative estimate of drug-likeness (QED) is 0.507. The van der Waals surface area contributed by atoms with Gasteiger partial charge in [-0.3, -0.25) is 4.79 Å². The molecular formula is C27H27F2N5O. The molecule has 1 N–H and O–H groups in total. The molecule has 3 aromatic rings. The molecule has 1 fully saturated rings. The molecule has 0 radical (unpaired) electrons. The summed E-state index contributed by atoms with van der Waals surface area (Å²) in [4.78, 5) is 15.3. The summed E-state index contributed by atoms with van der Waals surface area (Å²) < 4.78 is 28.1. The highest BCUT2D eigenvalue weighted by molar-refractivity contribution is 6.09. The van der Waals surface area contributed by atoms with Crippen molar-refractivity contribution in [2.45, 2.75) is 45.5 Å². The molecule has 1 aliphatic rings. The van der Waals surface area contributed by atoms with Gasteiger partial charge in [-0.25, -0.2) is 8.78 Å². The Kier molecular flexibility index (Phi) is 7.06. The molecule has 1 amide bonds. The van der Waals surface area contributed by atoms with E-state index >= 15 is 0 Å². The molecule has 0 atom stereocenters. The lowest BCUT2D eigenvalue weighted by Gasteiger charge is -2.25. The zero-order valence-electron chi connectivity index (χ0n) is 19.8. The van der Waals surface area contributed by atoms with Crippen LogP contribution in [0.15, 0.2) is 48.5 Å². The van der Waals surface area contributed by atoms with Gasteiger partial charge >= 0.3 is 0 Å². The molecule has 8 heteroatoms. The van der Waals surface area contributed by atoms with Gasteiger partial charge in [-0.15, -0.1) is 10.2 Å². The summed E-state index contributed by atoms with van der Waals surface area (Å²) in [5, 5.41) is 20.8. The number of alkyl halides is 2. The maximum atomic E-state index is 14.0. The van der Waals surface area contributed by atoms with E-state index in [9.17, 15) is 13.6 Å². The van der Waals surface area contributed by atoms with Crippen molar-refractivity contribution in [3.63, 3.8) is 0 Å². The number of nitriles is 1. The summed E-state index contributed by atoms with van der Waals surface area (Å²) in [5.41, 5.74) is 4.37. The van der Waals surface area contributed by atoms with Gasteiger partial charge in [-0.1, -0.05) is 31.2 Å². The minimum Gasteiger partial charge on any atom is -0.354 e. The maximum absolute atomic E-state index is 14.0. The number of benzene rings is 2. The molecule has 1 aliphatic heterocycles. The highest BCUT2D eigenvalue weighted by atomic mass is 19.3. The van der Waals surface area contributed by atoms with E-state index in [0.29, 0.717) is 52.4 Å². The van der Waals surface area contributed by atoms with E-state index < -0.39 is 5.92 Å². The number of hydrogen-bond acceptors (Lipinski definition) is 5. The monoisotopic (exact) mass is 475 g/mol. The van der Waals surface area contributed by atoms with E-state index in [1.54, 1.807) is 36.1 Å². The van der Waals surface area contributed by atoms with Crippen LogP contribution in [0.1, 0.15) is 53.2 Å². The van der Waals surface area contributed by atoms with Crippen molar-refractivity contribution in [3.8, 4) is 17.3 Å². The first-order valence-electron chi connectivity index (χ1n) is 11.7. The van der Waals surface area contributed by atoms with Crippen molar-refractivity contribution in [1.82, 2.24) is 10.2 Å². The number of rotatable bonds is 5. The fourth-order valence-corrected chi connectivity index (χ4v) is 4.32. The van der Waals surface area contributed by atoms with Gasteiger partial charge in [0.25, 0.3) is 5.91 Å². The average Bonchev–Trinajstić information content (AvgIpc) is 3.04. The van der Waals surface area contributed by atoms with E-state index in [4.69, 9.17) is 5.26 Å². The molecule has 0 aliphatic carbocycles. The fraction of sp³-hybridized carbons (Fsp3) is 0.333. The second kappa shape index (κ2) is 10.2. The van der Waals surface area contributed by atoms with Crippen LogP contribution in [0.5, 0.6) is 0 Å². The lowest BCUT2D eigenvalue weighted by atomic mass is 10.0. The summed E-state index contributed by atoms with van der Waals surface area (Å²) in [5.74, 6) is -2.80. The number of nitrogens with one attached hydrogen (secondary N) is 1. The van der Waals surface area contributed by atoms with Crippen LogP contribution in [0.25, 0.3) is 11.3 Å². The van der Waals surface area contributed by atoms with Gasteiger partial charge in [0.1, 0.15) is 0 Å². The zero-order chi connectivity index (χ0) is 25.0. The molecule has 0 spiro atoms. The Morgan fingerprint density at radius 1 is 1.14 bits per heavy atom. The average molecular weight is 476 g/mol. The van der Waals surface area contributed by atoms with Crippen molar-refractivity contribution in [3.05, 3.63) is 70.8 Å². The third-order valence-corrected chi connectivity index (χ3v) is 6.32. The van der Waals surface area contributed by atoms with Crippen LogP contribution in [0.3, 0.4) is 0 Å². The number of amides is 1. The third kappa shape index (κ3) is 5.46. The van der Waals surface area contributed by atoms with Gasteiger partial charge in [-0.05, 0) is 55.2 Å². The van der Waals surface area contributed by atoms with E-state index in [2.05, 4.69) is 21.6 Å².